The smallest absolute Gasteiger partial charge is 0.337 e. The fourth-order valence-corrected chi connectivity index (χ4v) is 4.71. The van der Waals surface area contributed by atoms with E-state index in [1.165, 1.54) is 18.2 Å². The Bertz CT molecular complexity index is 723. The van der Waals surface area contributed by atoms with Crippen molar-refractivity contribution in [3.05, 3.63) is 23.8 Å². The molecule has 0 bridgehead atoms. The molecule has 3 N–H and O–H groups in total. The van der Waals surface area contributed by atoms with Crippen LogP contribution in [0, 0.1) is 0 Å². The minimum atomic E-state index is -3.71. The molecule has 1 saturated carbocycles. The largest absolute Gasteiger partial charge is 0.478 e. The lowest BCUT2D eigenvalue weighted by Crippen LogP contribution is -2.32. The summed E-state index contributed by atoms with van der Waals surface area (Å²) in [6.07, 6.45) is 5.68. The quantitative estimate of drug-likeness (QED) is 0.681. The first-order chi connectivity index (χ1) is 12.0. The van der Waals surface area contributed by atoms with E-state index in [1.54, 1.807) is 0 Å². The number of hydrogen-bond donors (Lipinski definition) is 3. The molecule has 0 amide bonds. The van der Waals surface area contributed by atoms with Crippen LogP contribution in [0.5, 0.6) is 0 Å². The van der Waals surface area contributed by atoms with Crippen LogP contribution in [-0.4, -0.2) is 44.8 Å². The third-order valence-electron chi connectivity index (χ3n) is 4.75. The first-order valence-corrected chi connectivity index (χ1v) is 10.2. The number of carboxylic acid groups (broad SMARTS) is 1. The molecule has 1 aromatic carbocycles. The van der Waals surface area contributed by atoms with E-state index in [4.69, 9.17) is 4.74 Å². The first-order valence-electron chi connectivity index (χ1n) is 8.71. The summed E-state index contributed by atoms with van der Waals surface area (Å²) in [6, 6.07) is 4.12. The summed E-state index contributed by atoms with van der Waals surface area (Å²) < 4.78 is 33.2. The third-order valence-corrected chi connectivity index (χ3v) is 6.27. The van der Waals surface area contributed by atoms with Crippen molar-refractivity contribution in [1.29, 1.82) is 0 Å². The zero-order valence-electron chi connectivity index (χ0n) is 14.0. The van der Waals surface area contributed by atoms with Gasteiger partial charge in [-0.15, -0.1) is 0 Å². The highest BCUT2D eigenvalue weighted by Crippen LogP contribution is 2.24. The van der Waals surface area contributed by atoms with Crippen molar-refractivity contribution >= 4 is 21.7 Å². The van der Waals surface area contributed by atoms with Gasteiger partial charge in [0.15, 0.2) is 0 Å². The average molecular weight is 368 g/mol. The molecule has 138 valence electrons. The van der Waals surface area contributed by atoms with Crippen molar-refractivity contribution in [2.24, 2.45) is 0 Å². The second kappa shape index (κ2) is 7.72. The van der Waals surface area contributed by atoms with Crippen molar-refractivity contribution in [3.63, 3.8) is 0 Å². The Morgan fingerprint density at radius 1 is 1.20 bits per heavy atom. The number of hydrogen-bond acceptors (Lipinski definition) is 5. The maximum Gasteiger partial charge on any atom is 0.337 e. The van der Waals surface area contributed by atoms with E-state index >= 15 is 0 Å². The lowest BCUT2D eigenvalue weighted by molar-refractivity contribution is 0.0697. The number of benzene rings is 1. The SMILES string of the molecule is O=C(O)c1cc(S(=O)(=O)NC2CCCC2)ccc1NCC1CCCO1. The molecule has 1 saturated heterocycles. The molecule has 0 radical (unpaired) electrons. The minimum absolute atomic E-state index is 0.0144. The zero-order chi connectivity index (χ0) is 17.9. The summed E-state index contributed by atoms with van der Waals surface area (Å²) >= 11 is 0. The Morgan fingerprint density at radius 2 is 1.96 bits per heavy atom. The monoisotopic (exact) mass is 368 g/mol. The van der Waals surface area contributed by atoms with Crippen molar-refractivity contribution < 1.29 is 23.1 Å². The van der Waals surface area contributed by atoms with Crippen molar-refractivity contribution in [1.82, 2.24) is 4.72 Å². The molecule has 0 aromatic heterocycles. The van der Waals surface area contributed by atoms with Crippen molar-refractivity contribution in [2.75, 3.05) is 18.5 Å². The highest BCUT2D eigenvalue weighted by molar-refractivity contribution is 7.89. The topological polar surface area (TPSA) is 105 Å². The predicted molar refractivity (Wildman–Crippen MR) is 93.4 cm³/mol. The molecule has 2 aliphatic rings. The summed E-state index contributed by atoms with van der Waals surface area (Å²) in [5.74, 6) is -1.16. The number of anilines is 1. The van der Waals surface area contributed by atoms with Gasteiger partial charge in [-0.2, -0.15) is 0 Å². The number of carboxylic acids is 1. The molecular formula is C17H24N2O5S. The molecule has 1 unspecified atom stereocenters. The van der Waals surface area contributed by atoms with Crippen LogP contribution in [0.15, 0.2) is 23.1 Å². The number of carbonyl (C=O) groups is 1. The average Bonchev–Trinajstić information content (AvgIpc) is 3.25. The Morgan fingerprint density at radius 3 is 2.60 bits per heavy atom. The maximum absolute atomic E-state index is 12.5. The molecule has 1 aliphatic heterocycles. The van der Waals surface area contributed by atoms with E-state index < -0.39 is 16.0 Å². The minimum Gasteiger partial charge on any atom is -0.478 e. The zero-order valence-corrected chi connectivity index (χ0v) is 14.8. The van der Waals surface area contributed by atoms with E-state index in [-0.39, 0.29) is 22.6 Å². The molecule has 8 heteroatoms. The Labute approximate surface area is 147 Å². The van der Waals surface area contributed by atoms with Gasteiger partial charge in [0.05, 0.1) is 16.6 Å². The molecule has 2 fully saturated rings. The molecule has 0 spiro atoms. The number of rotatable bonds is 7. The van der Waals surface area contributed by atoms with Gasteiger partial charge in [0.2, 0.25) is 10.0 Å². The molecule has 1 aromatic rings. The Hall–Kier alpha value is -1.64. The number of sulfonamides is 1. The van der Waals surface area contributed by atoms with Crippen LogP contribution < -0.4 is 10.0 Å². The maximum atomic E-state index is 12.5. The summed E-state index contributed by atoms with van der Waals surface area (Å²) in [5, 5.41) is 12.5. The lowest BCUT2D eigenvalue weighted by atomic mass is 10.1. The van der Waals surface area contributed by atoms with Crippen molar-refractivity contribution in [3.8, 4) is 0 Å². The number of ether oxygens (including phenoxy) is 1. The first kappa shape index (κ1) is 18.2. The Balaban J connectivity index is 1.76. The molecular weight excluding hydrogens is 344 g/mol. The third kappa shape index (κ3) is 4.50. The van der Waals surface area contributed by atoms with E-state index in [0.717, 1.165) is 45.1 Å². The number of aromatic carboxylic acids is 1. The van der Waals surface area contributed by atoms with Crippen LogP contribution in [0.2, 0.25) is 0 Å². The molecule has 7 nitrogen and oxygen atoms in total. The van der Waals surface area contributed by atoms with Gasteiger partial charge in [-0.05, 0) is 43.9 Å². The molecule has 1 aliphatic carbocycles. The van der Waals surface area contributed by atoms with Gasteiger partial charge in [-0.3, -0.25) is 0 Å². The van der Waals surface area contributed by atoms with Crippen LogP contribution in [-0.2, 0) is 14.8 Å². The van der Waals surface area contributed by atoms with Crippen LogP contribution in [0.25, 0.3) is 0 Å². The van der Waals surface area contributed by atoms with Gasteiger partial charge < -0.3 is 15.2 Å². The molecule has 1 atom stereocenters. The van der Waals surface area contributed by atoms with Crippen molar-refractivity contribution in [2.45, 2.75) is 55.6 Å². The van der Waals surface area contributed by atoms with Crippen LogP contribution in [0.4, 0.5) is 5.69 Å². The normalized spacial score (nSPS) is 21.5. The van der Waals surface area contributed by atoms with E-state index in [9.17, 15) is 18.3 Å². The summed E-state index contributed by atoms with van der Waals surface area (Å²) in [7, 11) is -3.71. The molecule has 3 rings (SSSR count). The lowest BCUT2D eigenvalue weighted by Gasteiger charge is -2.16. The highest BCUT2D eigenvalue weighted by atomic mass is 32.2. The van der Waals surface area contributed by atoms with Gasteiger partial charge in [0.25, 0.3) is 0 Å². The fraction of sp³-hybridized carbons (Fsp3) is 0.588. The number of nitrogens with one attached hydrogen (secondary N) is 2. The molecule has 25 heavy (non-hydrogen) atoms. The summed E-state index contributed by atoms with van der Waals surface area (Å²) in [6.45, 7) is 1.23. The second-order valence-corrected chi connectivity index (χ2v) is 8.35. The van der Waals surface area contributed by atoms with Crippen LogP contribution >= 0.6 is 0 Å². The van der Waals surface area contributed by atoms with Crippen LogP contribution in [0.3, 0.4) is 0 Å². The van der Waals surface area contributed by atoms with E-state index in [1.807, 2.05) is 0 Å². The van der Waals surface area contributed by atoms with Gasteiger partial charge in [0.1, 0.15) is 0 Å². The fourth-order valence-electron chi connectivity index (χ4n) is 3.38. The predicted octanol–water partition coefficient (Wildman–Crippen LogP) is 2.20. The van der Waals surface area contributed by atoms with Gasteiger partial charge in [0, 0.05) is 24.9 Å². The standard InChI is InChI=1S/C17H24N2O5S/c20-17(21)15-10-14(25(22,23)19-12-4-1-2-5-12)7-8-16(15)18-11-13-6-3-9-24-13/h7-8,10,12-13,18-19H,1-6,9,11H2,(H,20,21). The van der Waals surface area contributed by atoms with Crippen LogP contribution in [0.1, 0.15) is 48.9 Å². The summed E-state index contributed by atoms with van der Waals surface area (Å²) in [4.78, 5) is 11.5. The second-order valence-electron chi connectivity index (χ2n) is 6.63. The van der Waals surface area contributed by atoms with Gasteiger partial charge >= 0.3 is 5.97 Å². The van der Waals surface area contributed by atoms with Gasteiger partial charge in [-0.25, -0.2) is 17.9 Å². The van der Waals surface area contributed by atoms with Gasteiger partial charge in [-0.1, -0.05) is 12.8 Å². The Kier molecular flexibility index (Phi) is 5.61. The molecule has 1 heterocycles. The highest BCUT2D eigenvalue weighted by Gasteiger charge is 2.25. The van der Waals surface area contributed by atoms with E-state index in [0.29, 0.717) is 12.2 Å². The van der Waals surface area contributed by atoms with E-state index in [2.05, 4.69) is 10.0 Å². The summed E-state index contributed by atoms with van der Waals surface area (Å²) in [5.41, 5.74) is 0.357.